The summed E-state index contributed by atoms with van der Waals surface area (Å²) in [7, 11) is 0. The minimum absolute atomic E-state index is 0.288. The molecule has 4 rings (SSSR count). The van der Waals surface area contributed by atoms with Crippen molar-refractivity contribution >= 4 is 34.4 Å². The molecule has 6 nitrogen and oxygen atoms in total. The van der Waals surface area contributed by atoms with Gasteiger partial charge in [0.25, 0.3) is 0 Å². The number of benzene rings is 1. The van der Waals surface area contributed by atoms with Gasteiger partial charge < -0.3 is 15.6 Å². The predicted molar refractivity (Wildman–Crippen MR) is 93.1 cm³/mol. The molecule has 0 bridgehead atoms. The van der Waals surface area contributed by atoms with Crippen molar-refractivity contribution < 1.29 is 4.79 Å². The van der Waals surface area contributed by atoms with Crippen molar-refractivity contribution in [2.75, 3.05) is 5.32 Å². The largest absolute Gasteiger partial charge is 0.366 e. The van der Waals surface area contributed by atoms with Gasteiger partial charge in [-0.15, -0.1) is 0 Å². The van der Waals surface area contributed by atoms with Crippen molar-refractivity contribution in [1.29, 1.82) is 0 Å². The third-order valence-corrected chi connectivity index (χ3v) is 4.41. The van der Waals surface area contributed by atoms with Crippen molar-refractivity contribution in [2.24, 2.45) is 5.73 Å². The van der Waals surface area contributed by atoms with E-state index in [1.807, 2.05) is 18.2 Å². The lowest BCUT2D eigenvalue weighted by atomic mass is 10.3. The van der Waals surface area contributed by atoms with E-state index in [2.05, 4.69) is 20.9 Å². The molecule has 122 valence electrons. The summed E-state index contributed by atoms with van der Waals surface area (Å²) in [6.07, 6.45) is 3.78. The van der Waals surface area contributed by atoms with E-state index >= 15 is 0 Å². The maximum absolute atomic E-state index is 11.2. The molecule has 2 aromatic heterocycles. The van der Waals surface area contributed by atoms with Gasteiger partial charge in [-0.3, -0.25) is 4.79 Å². The number of nitrogens with one attached hydrogen (secondary N) is 1. The Morgan fingerprint density at radius 3 is 2.88 bits per heavy atom. The first-order chi connectivity index (χ1) is 11.6. The molecule has 0 atom stereocenters. The van der Waals surface area contributed by atoms with Gasteiger partial charge in [0.1, 0.15) is 11.6 Å². The summed E-state index contributed by atoms with van der Waals surface area (Å²) >= 11 is 6.17. The molecule has 1 aliphatic rings. The zero-order valence-electron chi connectivity index (χ0n) is 12.9. The number of pyridine rings is 1. The number of para-hydroxylation sites is 2. The van der Waals surface area contributed by atoms with E-state index in [1.54, 1.807) is 0 Å². The van der Waals surface area contributed by atoms with Crippen LogP contribution in [-0.2, 0) is 6.54 Å². The second kappa shape index (κ2) is 5.79. The van der Waals surface area contributed by atoms with Gasteiger partial charge in [-0.05, 0) is 31.0 Å². The molecule has 1 aliphatic carbocycles. The van der Waals surface area contributed by atoms with Crippen LogP contribution in [0.4, 0.5) is 5.82 Å². The Bertz CT molecular complexity index is 932. The summed E-state index contributed by atoms with van der Waals surface area (Å²) in [4.78, 5) is 20.1. The van der Waals surface area contributed by atoms with Crippen LogP contribution < -0.4 is 11.1 Å². The standard InChI is InChI=1S/C17H16ClN5O/c18-12-7-10(16(19)24)8-20-17(12)21-9-15-22-13-3-1-2-4-14(13)23(15)11-5-6-11/h1-4,7-8,11H,5-6,9H2,(H2,19,24)(H,20,21). The summed E-state index contributed by atoms with van der Waals surface area (Å²) in [6.45, 7) is 0.508. The number of amides is 1. The second-order valence-electron chi connectivity index (χ2n) is 5.89. The molecule has 24 heavy (non-hydrogen) atoms. The first-order valence-electron chi connectivity index (χ1n) is 7.78. The molecular formula is C17H16ClN5O. The molecule has 2 heterocycles. The maximum atomic E-state index is 11.2. The van der Waals surface area contributed by atoms with E-state index in [0.717, 1.165) is 16.9 Å². The first-order valence-corrected chi connectivity index (χ1v) is 8.16. The summed E-state index contributed by atoms with van der Waals surface area (Å²) < 4.78 is 2.29. The monoisotopic (exact) mass is 341 g/mol. The van der Waals surface area contributed by atoms with E-state index in [9.17, 15) is 4.79 Å². The Hall–Kier alpha value is -2.60. The fraction of sp³-hybridized carbons (Fsp3) is 0.235. The summed E-state index contributed by atoms with van der Waals surface area (Å²) in [6, 6.07) is 10.2. The number of imidazole rings is 1. The van der Waals surface area contributed by atoms with Crippen LogP contribution >= 0.6 is 11.6 Å². The fourth-order valence-electron chi connectivity index (χ4n) is 2.82. The minimum Gasteiger partial charge on any atom is -0.366 e. The molecule has 1 amide bonds. The number of carbonyl (C=O) groups is 1. The van der Waals surface area contributed by atoms with Crippen molar-refractivity contribution in [3.63, 3.8) is 0 Å². The maximum Gasteiger partial charge on any atom is 0.250 e. The number of aromatic nitrogens is 3. The number of nitrogens with two attached hydrogens (primary N) is 1. The van der Waals surface area contributed by atoms with E-state index in [4.69, 9.17) is 22.3 Å². The SMILES string of the molecule is NC(=O)c1cnc(NCc2nc3ccccc3n2C2CC2)c(Cl)c1. The lowest BCUT2D eigenvalue weighted by molar-refractivity contribution is 0.1000. The molecule has 0 aliphatic heterocycles. The molecule has 3 aromatic rings. The van der Waals surface area contributed by atoms with Crippen LogP contribution in [0.25, 0.3) is 11.0 Å². The number of rotatable bonds is 5. The number of nitrogens with zero attached hydrogens (tertiary/aromatic N) is 3. The Kier molecular flexibility index (Phi) is 3.61. The quantitative estimate of drug-likeness (QED) is 0.746. The normalized spacial score (nSPS) is 14.0. The molecule has 1 aromatic carbocycles. The van der Waals surface area contributed by atoms with Gasteiger partial charge in [0.05, 0.1) is 28.2 Å². The molecule has 0 radical (unpaired) electrons. The van der Waals surface area contributed by atoms with Gasteiger partial charge in [0.15, 0.2) is 0 Å². The Labute approximate surface area is 143 Å². The van der Waals surface area contributed by atoms with Gasteiger partial charge in [-0.1, -0.05) is 23.7 Å². The first kappa shape index (κ1) is 15.0. The number of primary amides is 1. The highest BCUT2D eigenvalue weighted by Gasteiger charge is 2.28. The van der Waals surface area contributed by atoms with Crippen LogP contribution in [0.2, 0.25) is 5.02 Å². The predicted octanol–water partition coefficient (Wildman–Crippen LogP) is 3.13. The van der Waals surface area contributed by atoms with Gasteiger partial charge >= 0.3 is 0 Å². The number of fused-ring (bicyclic) bond motifs is 1. The zero-order chi connectivity index (χ0) is 16.7. The zero-order valence-corrected chi connectivity index (χ0v) is 13.6. The number of halogens is 1. The van der Waals surface area contributed by atoms with Crippen LogP contribution in [-0.4, -0.2) is 20.4 Å². The van der Waals surface area contributed by atoms with E-state index < -0.39 is 5.91 Å². The average molecular weight is 342 g/mol. The van der Waals surface area contributed by atoms with Crippen molar-refractivity contribution in [2.45, 2.75) is 25.4 Å². The smallest absolute Gasteiger partial charge is 0.250 e. The van der Waals surface area contributed by atoms with E-state index in [1.165, 1.54) is 25.1 Å². The van der Waals surface area contributed by atoms with Gasteiger partial charge in [0, 0.05) is 12.2 Å². The van der Waals surface area contributed by atoms with Crippen LogP contribution in [0.15, 0.2) is 36.5 Å². The Balaban J connectivity index is 1.61. The molecule has 0 spiro atoms. The van der Waals surface area contributed by atoms with Gasteiger partial charge in [-0.2, -0.15) is 0 Å². The molecule has 0 unspecified atom stereocenters. The van der Waals surface area contributed by atoms with Crippen molar-refractivity contribution in [1.82, 2.24) is 14.5 Å². The third-order valence-electron chi connectivity index (χ3n) is 4.12. The number of hydrogen-bond donors (Lipinski definition) is 2. The highest BCUT2D eigenvalue weighted by molar-refractivity contribution is 6.33. The van der Waals surface area contributed by atoms with Crippen LogP contribution in [0.5, 0.6) is 0 Å². The Morgan fingerprint density at radius 2 is 2.17 bits per heavy atom. The van der Waals surface area contributed by atoms with Crippen LogP contribution in [0.1, 0.15) is 35.1 Å². The summed E-state index contributed by atoms with van der Waals surface area (Å²) in [5.74, 6) is 0.915. The average Bonchev–Trinajstić information content (AvgIpc) is 3.34. The highest BCUT2D eigenvalue weighted by Crippen LogP contribution is 2.38. The third kappa shape index (κ3) is 2.69. The molecule has 1 fully saturated rings. The Morgan fingerprint density at radius 1 is 1.38 bits per heavy atom. The van der Waals surface area contributed by atoms with Crippen LogP contribution in [0.3, 0.4) is 0 Å². The molecule has 1 saturated carbocycles. The van der Waals surface area contributed by atoms with E-state index in [0.29, 0.717) is 23.4 Å². The summed E-state index contributed by atoms with van der Waals surface area (Å²) in [5.41, 5.74) is 7.66. The molecule has 0 saturated heterocycles. The number of hydrogen-bond acceptors (Lipinski definition) is 4. The lowest BCUT2D eigenvalue weighted by Crippen LogP contribution is -2.13. The highest BCUT2D eigenvalue weighted by atomic mass is 35.5. The molecular weight excluding hydrogens is 326 g/mol. The second-order valence-corrected chi connectivity index (χ2v) is 6.30. The molecule has 3 N–H and O–H groups in total. The lowest BCUT2D eigenvalue weighted by Gasteiger charge is -2.10. The topological polar surface area (TPSA) is 85.8 Å². The van der Waals surface area contributed by atoms with Crippen molar-refractivity contribution in [3.05, 3.63) is 52.9 Å². The van der Waals surface area contributed by atoms with Gasteiger partial charge in [0.2, 0.25) is 5.91 Å². The fourth-order valence-corrected chi connectivity index (χ4v) is 3.06. The number of anilines is 1. The molecule has 7 heteroatoms. The number of carbonyl (C=O) groups excluding carboxylic acids is 1. The minimum atomic E-state index is -0.550. The van der Waals surface area contributed by atoms with Gasteiger partial charge in [-0.25, -0.2) is 9.97 Å². The van der Waals surface area contributed by atoms with E-state index in [-0.39, 0.29) is 5.56 Å². The van der Waals surface area contributed by atoms with Crippen LogP contribution in [0, 0.1) is 0 Å². The van der Waals surface area contributed by atoms with Crippen molar-refractivity contribution in [3.8, 4) is 0 Å². The summed E-state index contributed by atoms with van der Waals surface area (Å²) in [5, 5.41) is 3.56.